The number of carbonyl (C=O) groups is 2. The minimum absolute atomic E-state index is 0.0127. The second kappa shape index (κ2) is 4.81. The third kappa shape index (κ3) is 1.95. The van der Waals surface area contributed by atoms with Crippen LogP contribution in [-0.4, -0.2) is 17.0 Å². The van der Waals surface area contributed by atoms with E-state index in [0.717, 1.165) is 5.69 Å². The molecule has 0 saturated heterocycles. The maximum atomic E-state index is 12.3. The highest BCUT2D eigenvalue weighted by Crippen LogP contribution is 2.39. The van der Waals surface area contributed by atoms with Gasteiger partial charge in [-0.1, -0.05) is 36.4 Å². The number of para-hydroxylation sites is 2. The molecule has 1 heterocycles. The first-order chi connectivity index (χ1) is 9.68. The minimum atomic E-state index is -0.960. The van der Waals surface area contributed by atoms with Crippen LogP contribution >= 0.6 is 0 Å². The smallest absolute Gasteiger partial charge is 0.311 e. The molecule has 0 fully saturated rings. The third-order valence-electron chi connectivity index (χ3n) is 3.49. The van der Waals surface area contributed by atoms with E-state index in [-0.39, 0.29) is 12.3 Å². The molecule has 0 aliphatic carbocycles. The first-order valence-corrected chi connectivity index (χ1v) is 6.38. The van der Waals surface area contributed by atoms with E-state index in [4.69, 9.17) is 0 Å². The van der Waals surface area contributed by atoms with Gasteiger partial charge in [0.25, 0.3) is 0 Å². The highest BCUT2D eigenvalue weighted by Gasteiger charge is 2.35. The monoisotopic (exact) mass is 267 g/mol. The second-order valence-electron chi connectivity index (χ2n) is 4.72. The van der Waals surface area contributed by atoms with E-state index in [1.807, 2.05) is 36.4 Å². The number of rotatable bonds is 2. The number of hydrogen-bond acceptors (Lipinski definition) is 2. The topological polar surface area (TPSA) is 57.6 Å². The molecule has 0 unspecified atom stereocenters. The Kier molecular flexibility index (Phi) is 2.99. The molecule has 2 aromatic carbocycles. The lowest BCUT2D eigenvalue weighted by molar-refractivity contribution is -0.140. The van der Waals surface area contributed by atoms with E-state index < -0.39 is 11.9 Å². The van der Waals surface area contributed by atoms with Crippen molar-refractivity contribution in [3.05, 3.63) is 60.2 Å². The molecule has 0 saturated carbocycles. The van der Waals surface area contributed by atoms with Crippen LogP contribution in [0.1, 0.15) is 17.9 Å². The standard InChI is InChI=1S/C16H13NO3/c18-15-10-13(16(19)20)12-8-4-5-9-14(12)17(15)11-6-2-1-3-7-11/h1-9,13H,10H2,(H,19,20)/t13-/m1/s1. The van der Waals surface area contributed by atoms with Crippen molar-refractivity contribution in [3.63, 3.8) is 0 Å². The van der Waals surface area contributed by atoms with Gasteiger partial charge in [0, 0.05) is 12.1 Å². The Hall–Kier alpha value is -2.62. The predicted octanol–water partition coefficient (Wildman–Crippen LogP) is 2.92. The van der Waals surface area contributed by atoms with E-state index in [1.165, 1.54) is 0 Å². The van der Waals surface area contributed by atoms with E-state index in [1.54, 1.807) is 23.1 Å². The van der Waals surface area contributed by atoms with E-state index in [2.05, 4.69) is 0 Å². The molecule has 1 aliphatic heterocycles. The van der Waals surface area contributed by atoms with Gasteiger partial charge in [0.2, 0.25) is 5.91 Å². The van der Waals surface area contributed by atoms with Crippen LogP contribution in [0.15, 0.2) is 54.6 Å². The van der Waals surface area contributed by atoms with Crippen LogP contribution in [0.4, 0.5) is 11.4 Å². The fourth-order valence-corrected chi connectivity index (χ4v) is 2.58. The van der Waals surface area contributed by atoms with Crippen molar-refractivity contribution in [1.82, 2.24) is 0 Å². The lowest BCUT2D eigenvalue weighted by Gasteiger charge is -2.32. The summed E-state index contributed by atoms with van der Waals surface area (Å²) in [6.07, 6.45) is -0.0127. The summed E-state index contributed by atoms with van der Waals surface area (Å²) in [5.41, 5.74) is 2.10. The number of nitrogens with zero attached hydrogens (tertiary/aromatic N) is 1. The fourth-order valence-electron chi connectivity index (χ4n) is 2.58. The van der Waals surface area contributed by atoms with Gasteiger partial charge in [-0.3, -0.25) is 14.5 Å². The van der Waals surface area contributed by atoms with Crippen LogP contribution in [0.5, 0.6) is 0 Å². The Labute approximate surface area is 116 Å². The molecular formula is C16H13NO3. The summed E-state index contributed by atoms with van der Waals surface area (Å²) < 4.78 is 0. The quantitative estimate of drug-likeness (QED) is 0.910. The normalized spacial score (nSPS) is 17.7. The molecule has 1 amide bonds. The molecule has 0 aromatic heterocycles. The van der Waals surface area contributed by atoms with Gasteiger partial charge in [-0.15, -0.1) is 0 Å². The lowest BCUT2D eigenvalue weighted by atomic mass is 9.89. The highest BCUT2D eigenvalue weighted by molar-refractivity contribution is 6.06. The average Bonchev–Trinajstić information content (AvgIpc) is 2.47. The number of amides is 1. The molecular weight excluding hydrogens is 254 g/mol. The summed E-state index contributed by atoms with van der Waals surface area (Å²) in [6.45, 7) is 0. The number of anilines is 2. The van der Waals surface area contributed by atoms with Crippen LogP contribution in [0, 0.1) is 0 Å². The third-order valence-corrected chi connectivity index (χ3v) is 3.49. The van der Waals surface area contributed by atoms with Gasteiger partial charge in [0.15, 0.2) is 0 Å². The maximum absolute atomic E-state index is 12.3. The molecule has 1 aliphatic rings. The Balaban J connectivity index is 2.15. The SMILES string of the molecule is O=C(O)[C@@H]1CC(=O)N(c2ccccc2)c2ccccc21. The number of aliphatic carboxylic acids is 1. The summed E-state index contributed by atoms with van der Waals surface area (Å²) in [6, 6.07) is 16.4. The van der Waals surface area contributed by atoms with Crippen molar-refractivity contribution in [2.45, 2.75) is 12.3 Å². The van der Waals surface area contributed by atoms with Crippen LogP contribution in [0.3, 0.4) is 0 Å². The number of carbonyl (C=O) groups excluding carboxylic acids is 1. The number of fused-ring (bicyclic) bond motifs is 1. The van der Waals surface area contributed by atoms with Crippen molar-refractivity contribution in [2.75, 3.05) is 4.90 Å². The van der Waals surface area contributed by atoms with Crippen molar-refractivity contribution in [1.29, 1.82) is 0 Å². The van der Waals surface area contributed by atoms with E-state index in [0.29, 0.717) is 11.3 Å². The first-order valence-electron chi connectivity index (χ1n) is 6.38. The molecule has 1 N–H and O–H groups in total. The van der Waals surface area contributed by atoms with Crippen molar-refractivity contribution in [2.24, 2.45) is 0 Å². The Morgan fingerprint density at radius 2 is 1.70 bits per heavy atom. The van der Waals surface area contributed by atoms with Crippen LogP contribution < -0.4 is 4.90 Å². The van der Waals surface area contributed by atoms with Crippen LogP contribution in [-0.2, 0) is 9.59 Å². The highest BCUT2D eigenvalue weighted by atomic mass is 16.4. The Bertz CT molecular complexity index is 666. The van der Waals surface area contributed by atoms with E-state index >= 15 is 0 Å². The zero-order valence-electron chi connectivity index (χ0n) is 10.7. The molecule has 4 nitrogen and oxygen atoms in total. The molecule has 0 spiro atoms. The van der Waals surface area contributed by atoms with Gasteiger partial charge < -0.3 is 5.11 Å². The number of hydrogen-bond donors (Lipinski definition) is 1. The molecule has 1 atom stereocenters. The average molecular weight is 267 g/mol. The summed E-state index contributed by atoms with van der Waals surface area (Å²) >= 11 is 0. The van der Waals surface area contributed by atoms with Gasteiger partial charge in [0.1, 0.15) is 0 Å². The van der Waals surface area contributed by atoms with Gasteiger partial charge in [0.05, 0.1) is 11.6 Å². The fraction of sp³-hybridized carbons (Fsp3) is 0.125. The van der Waals surface area contributed by atoms with Crippen molar-refractivity contribution in [3.8, 4) is 0 Å². The summed E-state index contributed by atoms with van der Waals surface area (Å²) in [4.78, 5) is 25.3. The molecule has 4 heteroatoms. The summed E-state index contributed by atoms with van der Waals surface area (Å²) in [7, 11) is 0. The van der Waals surface area contributed by atoms with Gasteiger partial charge in [-0.25, -0.2) is 0 Å². The second-order valence-corrected chi connectivity index (χ2v) is 4.72. The summed E-state index contributed by atoms with van der Waals surface area (Å²) in [5.74, 6) is -1.92. The number of carboxylic acid groups (broad SMARTS) is 1. The molecule has 0 radical (unpaired) electrons. The van der Waals surface area contributed by atoms with Crippen molar-refractivity contribution >= 4 is 23.3 Å². The Morgan fingerprint density at radius 3 is 2.40 bits per heavy atom. The maximum Gasteiger partial charge on any atom is 0.311 e. The van der Waals surface area contributed by atoms with Crippen LogP contribution in [0.25, 0.3) is 0 Å². The van der Waals surface area contributed by atoms with E-state index in [9.17, 15) is 14.7 Å². The molecule has 0 bridgehead atoms. The molecule has 20 heavy (non-hydrogen) atoms. The largest absolute Gasteiger partial charge is 0.481 e. The van der Waals surface area contributed by atoms with Gasteiger partial charge >= 0.3 is 5.97 Å². The molecule has 2 aromatic rings. The van der Waals surface area contributed by atoms with Crippen molar-refractivity contribution < 1.29 is 14.7 Å². The number of benzene rings is 2. The zero-order valence-corrected chi connectivity index (χ0v) is 10.7. The molecule has 100 valence electrons. The lowest BCUT2D eigenvalue weighted by Crippen LogP contribution is -2.35. The van der Waals surface area contributed by atoms with Crippen LogP contribution in [0.2, 0.25) is 0 Å². The minimum Gasteiger partial charge on any atom is -0.481 e. The summed E-state index contributed by atoms with van der Waals surface area (Å²) in [5, 5.41) is 9.29. The van der Waals surface area contributed by atoms with Gasteiger partial charge in [-0.05, 0) is 23.8 Å². The number of carboxylic acids is 1. The molecule has 3 rings (SSSR count). The predicted molar refractivity (Wildman–Crippen MR) is 75.0 cm³/mol. The Morgan fingerprint density at radius 1 is 1.05 bits per heavy atom. The zero-order chi connectivity index (χ0) is 14.1. The van der Waals surface area contributed by atoms with Gasteiger partial charge in [-0.2, -0.15) is 0 Å². The first kappa shape index (κ1) is 12.4.